The minimum Gasteiger partial charge on any atom is -0.497 e. The topological polar surface area (TPSA) is 93.7 Å². The molecular weight excluding hydrogens is 392 g/mol. The zero-order chi connectivity index (χ0) is 21.1. The number of hydrogen-bond acceptors (Lipinski definition) is 5. The molecule has 0 unspecified atom stereocenters. The molecule has 0 aliphatic heterocycles. The molecule has 0 aliphatic carbocycles. The van der Waals surface area contributed by atoms with E-state index in [0.717, 1.165) is 11.3 Å². The summed E-state index contributed by atoms with van der Waals surface area (Å²) in [6.07, 6.45) is 3.69. The fraction of sp³-hybridized carbons (Fsp3) is 0.286. The fourth-order valence-corrected chi connectivity index (χ4v) is 3.47. The first-order valence-electron chi connectivity index (χ1n) is 9.25. The maximum atomic E-state index is 12.2. The molecule has 156 valence electrons. The van der Waals surface area contributed by atoms with Crippen molar-refractivity contribution in [3.05, 3.63) is 60.2 Å². The lowest BCUT2D eigenvalue weighted by atomic mass is 10.2. The van der Waals surface area contributed by atoms with Crippen molar-refractivity contribution in [3.8, 4) is 5.75 Å². The highest BCUT2D eigenvalue weighted by atomic mass is 32.2. The van der Waals surface area contributed by atoms with Gasteiger partial charge >= 0.3 is 0 Å². The third kappa shape index (κ3) is 7.69. The van der Waals surface area contributed by atoms with Crippen LogP contribution in [0, 0.1) is 0 Å². The van der Waals surface area contributed by atoms with E-state index in [1.165, 1.54) is 18.2 Å². The Morgan fingerprint density at radius 1 is 1.07 bits per heavy atom. The molecule has 0 bridgehead atoms. The summed E-state index contributed by atoms with van der Waals surface area (Å²) in [5.74, 6) is 0.427. The third-order valence-electron chi connectivity index (χ3n) is 3.94. The average molecular weight is 419 g/mol. The van der Waals surface area contributed by atoms with Gasteiger partial charge in [-0.15, -0.1) is 0 Å². The zero-order valence-electron chi connectivity index (χ0n) is 16.6. The molecule has 0 aromatic heterocycles. The van der Waals surface area contributed by atoms with Gasteiger partial charge in [-0.3, -0.25) is 4.79 Å². The standard InChI is InChI=1S/C21H26N2O5S/c1-3-28-16-4-15-22-29(25,26)20-12-8-18(9-13-20)23-21(24)14-7-17-5-10-19(27-2)11-6-17/h5-14,22H,3-4,15-16H2,1-2H3,(H,23,24). The van der Waals surface area contributed by atoms with Crippen LogP contribution in [0.15, 0.2) is 59.5 Å². The first-order valence-corrected chi connectivity index (χ1v) is 10.7. The van der Waals surface area contributed by atoms with Gasteiger partial charge in [0, 0.05) is 31.5 Å². The predicted molar refractivity (Wildman–Crippen MR) is 113 cm³/mol. The summed E-state index contributed by atoms with van der Waals surface area (Å²) in [6.45, 7) is 3.31. The number of carbonyl (C=O) groups excluding carboxylic acids is 1. The van der Waals surface area contributed by atoms with Gasteiger partial charge in [0.2, 0.25) is 15.9 Å². The number of anilines is 1. The Bertz CT molecular complexity index is 907. The summed E-state index contributed by atoms with van der Waals surface area (Å²) in [7, 11) is -2.00. The normalized spacial score (nSPS) is 11.5. The first kappa shape index (κ1) is 22.6. The van der Waals surface area contributed by atoms with Gasteiger partial charge in [-0.05, 0) is 61.4 Å². The van der Waals surface area contributed by atoms with Crippen molar-refractivity contribution in [3.63, 3.8) is 0 Å². The lowest BCUT2D eigenvalue weighted by Crippen LogP contribution is -2.25. The van der Waals surface area contributed by atoms with Gasteiger partial charge in [-0.25, -0.2) is 13.1 Å². The number of sulfonamides is 1. The van der Waals surface area contributed by atoms with Crippen molar-refractivity contribution < 1.29 is 22.7 Å². The molecular formula is C21H26N2O5S. The minimum atomic E-state index is -3.59. The molecule has 0 radical (unpaired) electrons. The summed E-state index contributed by atoms with van der Waals surface area (Å²) >= 11 is 0. The van der Waals surface area contributed by atoms with Crippen LogP contribution >= 0.6 is 0 Å². The highest BCUT2D eigenvalue weighted by molar-refractivity contribution is 7.89. The van der Waals surface area contributed by atoms with E-state index in [-0.39, 0.29) is 10.8 Å². The van der Waals surface area contributed by atoms with Crippen molar-refractivity contribution in [1.82, 2.24) is 4.72 Å². The largest absolute Gasteiger partial charge is 0.497 e. The summed E-state index contributed by atoms with van der Waals surface area (Å²) in [6, 6.07) is 13.3. The van der Waals surface area contributed by atoms with Gasteiger partial charge in [-0.2, -0.15) is 0 Å². The number of ether oxygens (including phenoxy) is 2. The lowest BCUT2D eigenvalue weighted by molar-refractivity contribution is -0.111. The van der Waals surface area contributed by atoms with Gasteiger partial charge in [0.25, 0.3) is 0 Å². The van der Waals surface area contributed by atoms with E-state index in [9.17, 15) is 13.2 Å². The van der Waals surface area contributed by atoms with Crippen molar-refractivity contribution in [2.24, 2.45) is 0 Å². The highest BCUT2D eigenvalue weighted by Crippen LogP contribution is 2.15. The van der Waals surface area contributed by atoms with Crippen molar-refractivity contribution >= 4 is 27.7 Å². The van der Waals surface area contributed by atoms with Crippen molar-refractivity contribution in [1.29, 1.82) is 0 Å². The molecule has 0 saturated heterocycles. The average Bonchev–Trinajstić information content (AvgIpc) is 2.73. The van der Waals surface area contributed by atoms with Gasteiger partial charge < -0.3 is 14.8 Å². The van der Waals surface area contributed by atoms with E-state index < -0.39 is 10.0 Å². The number of amides is 1. The molecule has 2 N–H and O–H groups in total. The number of rotatable bonds is 11. The third-order valence-corrected chi connectivity index (χ3v) is 5.41. The molecule has 0 spiro atoms. The summed E-state index contributed by atoms with van der Waals surface area (Å²) < 4.78 is 37.3. The Morgan fingerprint density at radius 2 is 1.76 bits per heavy atom. The van der Waals surface area contributed by atoms with E-state index in [1.807, 2.05) is 31.2 Å². The highest BCUT2D eigenvalue weighted by Gasteiger charge is 2.13. The van der Waals surface area contributed by atoms with Gasteiger partial charge in [0.15, 0.2) is 0 Å². The van der Waals surface area contributed by atoms with Crippen LogP contribution in [0.5, 0.6) is 5.75 Å². The molecule has 29 heavy (non-hydrogen) atoms. The van der Waals surface area contributed by atoms with Crippen LogP contribution in [-0.2, 0) is 19.6 Å². The Hall–Kier alpha value is -2.68. The molecule has 2 aromatic carbocycles. The molecule has 1 amide bonds. The molecule has 0 fully saturated rings. The molecule has 2 aromatic rings. The first-order chi connectivity index (χ1) is 13.9. The molecule has 7 nitrogen and oxygen atoms in total. The van der Waals surface area contributed by atoms with Crippen LogP contribution < -0.4 is 14.8 Å². The smallest absolute Gasteiger partial charge is 0.248 e. The minimum absolute atomic E-state index is 0.140. The maximum Gasteiger partial charge on any atom is 0.248 e. The second-order valence-corrected chi connectivity index (χ2v) is 7.84. The van der Waals surface area contributed by atoms with E-state index in [4.69, 9.17) is 9.47 Å². The molecule has 0 atom stereocenters. The van der Waals surface area contributed by atoms with Crippen LogP contribution in [0.4, 0.5) is 5.69 Å². The van der Waals surface area contributed by atoms with Crippen LogP contribution in [0.1, 0.15) is 18.9 Å². The number of methoxy groups -OCH3 is 1. The second kappa shape index (κ2) is 11.4. The summed E-state index contributed by atoms with van der Waals surface area (Å²) in [5, 5.41) is 2.70. The van der Waals surface area contributed by atoms with Crippen molar-refractivity contribution in [2.75, 3.05) is 32.2 Å². The van der Waals surface area contributed by atoms with Gasteiger partial charge in [0.1, 0.15) is 5.75 Å². The number of benzene rings is 2. The molecule has 8 heteroatoms. The van der Waals surface area contributed by atoms with Crippen LogP contribution in [0.3, 0.4) is 0 Å². The van der Waals surface area contributed by atoms with E-state index in [0.29, 0.717) is 31.9 Å². The predicted octanol–water partition coefficient (Wildman–Crippen LogP) is 3.05. The number of nitrogens with one attached hydrogen (secondary N) is 2. The fourth-order valence-electron chi connectivity index (χ4n) is 2.40. The van der Waals surface area contributed by atoms with Gasteiger partial charge in [-0.1, -0.05) is 12.1 Å². The van der Waals surface area contributed by atoms with Crippen LogP contribution in [0.25, 0.3) is 6.08 Å². The Kier molecular flexibility index (Phi) is 8.85. The Balaban J connectivity index is 1.88. The SMILES string of the molecule is CCOCCCNS(=O)(=O)c1ccc(NC(=O)C=Cc2ccc(OC)cc2)cc1. The summed E-state index contributed by atoms with van der Waals surface area (Å²) in [4.78, 5) is 12.2. The number of hydrogen-bond donors (Lipinski definition) is 2. The van der Waals surface area contributed by atoms with Crippen LogP contribution in [0.2, 0.25) is 0 Å². The Morgan fingerprint density at radius 3 is 2.38 bits per heavy atom. The quantitative estimate of drug-likeness (QED) is 0.432. The second-order valence-electron chi connectivity index (χ2n) is 6.07. The molecule has 0 aliphatic rings. The molecule has 0 saturated carbocycles. The van der Waals surface area contributed by atoms with E-state index in [2.05, 4.69) is 10.0 Å². The maximum absolute atomic E-state index is 12.2. The Labute approximate surface area is 171 Å². The monoisotopic (exact) mass is 418 g/mol. The molecule has 2 rings (SSSR count). The molecule has 0 heterocycles. The lowest BCUT2D eigenvalue weighted by Gasteiger charge is -2.08. The zero-order valence-corrected chi connectivity index (χ0v) is 17.4. The van der Waals surface area contributed by atoms with Gasteiger partial charge in [0.05, 0.1) is 12.0 Å². The summed E-state index contributed by atoms with van der Waals surface area (Å²) in [5.41, 5.74) is 1.36. The van der Waals surface area contributed by atoms with E-state index >= 15 is 0 Å². The van der Waals surface area contributed by atoms with Crippen LogP contribution in [-0.4, -0.2) is 41.2 Å². The van der Waals surface area contributed by atoms with Crippen molar-refractivity contribution in [2.45, 2.75) is 18.2 Å². The van der Waals surface area contributed by atoms with E-state index in [1.54, 1.807) is 25.3 Å². The number of carbonyl (C=O) groups is 1.